The van der Waals surface area contributed by atoms with Crippen LogP contribution in [0.4, 0.5) is 0 Å². The lowest BCUT2D eigenvalue weighted by molar-refractivity contribution is -0.123. The van der Waals surface area contributed by atoms with Crippen molar-refractivity contribution in [1.82, 2.24) is 15.5 Å². The van der Waals surface area contributed by atoms with Crippen molar-refractivity contribution >= 4 is 5.91 Å². The first-order chi connectivity index (χ1) is 13.7. The average molecular weight is 383 g/mol. The molecule has 2 N–H and O–H groups in total. The van der Waals surface area contributed by atoms with Crippen LogP contribution in [0.3, 0.4) is 0 Å². The van der Waals surface area contributed by atoms with Crippen LogP contribution in [0.2, 0.25) is 0 Å². The molecule has 1 heterocycles. The Bertz CT molecular complexity index is 781. The van der Waals surface area contributed by atoms with Gasteiger partial charge in [-0.1, -0.05) is 30.3 Å². The van der Waals surface area contributed by atoms with Crippen LogP contribution >= 0.6 is 0 Å². The molecule has 0 saturated carbocycles. The Morgan fingerprint density at radius 1 is 1.25 bits per heavy atom. The molecule has 6 nitrogen and oxygen atoms in total. The van der Waals surface area contributed by atoms with Gasteiger partial charge in [0.25, 0.3) is 0 Å². The van der Waals surface area contributed by atoms with E-state index in [1.165, 1.54) is 0 Å². The van der Waals surface area contributed by atoms with Gasteiger partial charge in [-0.25, -0.2) is 0 Å². The second-order valence-corrected chi connectivity index (χ2v) is 6.79. The molecule has 1 saturated heterocycles. The number of carbonyl (C=O) groups is 1. The zero-order valence-electron chi connectivity index (χ0n) is 16.6. The Balaban J connectivity index is 1.61. The fourth-order valence-corrected chi connectivity index (χ4v) is 3.54. The number of hydrogen-bond donors (Lipinski definition) is 2. The minimum Gasteiger partial charge on any atom is -0.496 e. The number of nitrogens with zero attached hydrogens (tertiary/aromatic N) is 1. The van der Waals surface area contributed by atoms with E-state index in [1.807, 2.05) is 49.4 Å². The Morgan fingerprint density at radius 3 is 2.93 bits per heavy atom. The average Bonchev–Trinajstić information content (AvgIpc) is 2.73. The van der Waals surface area contributed by atoms with Crippen molar-refractivity contribution in [2.24, 2.45) is 0 Å². The van der Waals surface area contributed by atoms with E-state index in [4.69, 9.17) is 9.47 Å². The highest BCUT2D eigenvalue weighted by Gasteiger charge is 2.27. The van der Waals surface area contributed by atoms with Crippen LogP contribution < -0.4 is 20.1 Å². The summed E-state index contributed by atoms with van der Waals surface area (Å²) < 4.78 is 11.0. The number of benzene rings is 2. The van der Waals surface area contributed by atoms with E-state index in [9.17, 15) is 4.79 Å². The zero-order chi connectivity index (χ0) is 19.8. The van der Waals surface area contributed by atoms with Crippen molar-refractivity contribution in [3.05, 3.63) is 59.7 Å². The molecule has 1 amide bonds. The number of para-hydroxylation sites is 1. The molecule has 1 unspecified atom stereocenters. The number of carbonyl (C=O) groups excluding carboxylic acids is 1. The molecular weight excluding hydrogens is 354 g/mol. The SMILES string of the molecule is CCOc1cccc(CNC(=O)CN2CCNCC2c2ccccc2OC)c1. The lowest BCUT2D eigenvalue weighted by Crippen LogP contribution is -2.49. The van der Waals surface area contributed by atoms with Crippen LogP contribution in [0.1, 0.15) is 24.1 Å². The zero-order valence-corrected chi connectivity index (χ0v) is 16.6. The van der Waals surface area contributed by atoms with Gasteiger partial charge in [0.05, 0.1) is 26.3 Å². The molecule has 2 aromatic carbocycles. The van der Waals surface area contributed by atoms with Crippen LogP contribution in [0.5, 0.6) is 11.5 Å². The minimum atomic E-state index is 0.0172. The number of amides is 1. The van der Waals surface area contributed by atoms with Crippen molar-refractivity contribution in [2.45, 2.75) is 19.5 Å². The van der Waals surface area contributed by atoms with Gasteiger partial charge >= 0.3 is 0 Å². The second-order valence-electron chi connectivity index (χ2n) is 6.79. The maximum absolute atomic E-state index is 12.6. The quantitative estimate of drug-likeness (QED) is 0.733. The van der Waals surface area contributed by atoms with Gasteiger partial charge in [0, 0.05) is 31.7 Å². The summed E-state index contributed by atoms with van der Waals surface area (Å²) in [5.74, 6) is 1.70. The Labute approximate surface area is 166 Å². The van der Waals surface area contributed by atoms with Crippen LogP contribution in [0, 0.1) is 0 Å². The number of piperazine rings is 1. The van der Waals surface area contributed by atoms with Gasteiger partial charge in [0.2, 0.25) is 5.91 Å². The fourth-order valence-electron chi connectivity index (χ4n) is 3.54. The summed E-state index contributed by atoms with van der Waals surface area (Å²) in [6.07, 6.45) is 0. The highest BCUT2D eigenvalue weighted by atomic mass is 16.5. The van der Waals surface area contributed by atoms with E-state index in [0.29, 0.717) is 19.7 Å². The predicted molar refractivity (Wildman–Crippen MR) is 110 cm³/mol. The summed E-state index contributed by atoms with van der Waals surface area (Å²) in [6, 6.07) is 15.9. The van der Waals surface area contributed by atoms with Gasteiger partial charge in [0.15, 0.2) is 0 Å². The van der Waals surface area contributed by atoms with E-state index in [-0.39, 0.29) is 11.9 Å². The first-order valence-electron chi connectivity index (χ1n) is 9.77. The summed E-state index contributed by atoms with van der Waals surface area (Å²) >= 11 is 0. The van der Waals surface area contributed by atoms with E-state index in [2.05, 4.69) is 21.6 Å². The van der Waals surface area contributed by atoms with Crippen molar-refractivity contribution in [3.63, 3.8) is 0 Å². The molecule has 2 aromatic rings. The summed E-state index contributed by atoms with van der Waals surface area (Å²) in [6.45, 7) is 5.92. The second kappa shape index (κ2) is 10.1. The number of ether oxygens (including phenoxy) is 2. The van der Waals surface area contributed by atoms with E-state index < -0.39 is 0 Å². The van der Waals surface area contributed by atoms with Crippen LogP contribution in [-0.2, 0) is 11.3 Å². The van der Waals surface area contributed by atoms with Gasteiger partial charge in [0.1, 0.15) is 11.5 Å². The molecule has 1 fully saturated rings. The lowest BCUT2D eigenvalue weighted by atomic mass is 10.0. The molecule has 0 radical (unpaired) electrons. The summed E-state index contributed by atoms with van der Waals surface area (Å²) in [5.41, 5.74) is 2.13. The topological polar surface area (TPSA) is 62.8 Å². The third-order valence-corrected chi connectivity index (χ3v) is 4.90. The largest absolute Gasteiger partial charge is 0.496 e. The van der Waals surface area contributed by atoms with Gasteiger partial charge in [-0.2, -0.15) is 0 Å². The monoisotopic (exact) mass is 383 g/mol. The number of rotatable bonds is 8. The smallest absolute Gasteiger partial charge is 0.234 e. The molecule has 28 heavy (non-hydrogen) atoms. The Morgan fingerprint density at radius 2 is 2.11 bits per heavy atom. The molecule has 0 aliphatic carbocycles. The van der Waals surface area contributed by atoms with Crippen molar-refractivity contribution in [2.75, 3.05) is 39.9 Å². The summed E-state index contributed by atoms with van der Waals surface area (Å²) in [4.78, 5) is 14.8. The van der Waals surface area contributed by atoms with Gasteiger partial charge < -0.3 is 20.1 Å². The normalized spacial score (nSPS) is 17.1. The molecule has 150 valence electrons. The van der Waals surface area contributed by atoms with E-state index in [1.54, 1.807) is 7.11 Å². The molecular formula is C22H29N3O3. The highest BCUT2D eigenvalue weighted by Crippen LogP contribution is 2.29. The van der Waals surface area contributed by atoms with Crippen LogP contribution in [-0.4, -0.2) is 50.7 Å². The van der Waals surface area contributed by atoms with Gasteiger partial charge in [-0.3, -0.25) is 9.69 Å². The lowest BCUT2D eigenvalue weighted by Gasteiger charge is -2.36. The predicted octanol–water partition coefficient (Wildman–Crippen LogP) is 2.36. The molecule has 6 heteroatoms. The number of nitrogens with one attached hydrogen (secondary N) is 2. The Hall–Kier alpha value is -2.57. The third kappa shape index (κ3) is 5.24. The van der Waals surface area contributed by atoms with Crippen molar-refractivity contribution in [1.29, 1.82) is 0 Å². The van der Waals surface area contributed by atoms with Crippen LogP contribution in [0.25, 0.3) is 0 Å². The fraction of sp³-hybridized carbons (Fsp3) is 0.409. The first kappa shape index (κ1) is 20.2. The minimum absolute atomic E-state index is 0.0172. The standard InChI is InChI=1S/C22H29N3O3/c1-3-28-18-8-6-7-17(13-18)14-24-22(26)16-25-12-11-23-15-20(25)19-9-4-5-10-21(19)27-2/h4-10,13,20,23H,3,11-12,14-16H2,1-2H3,(H,24,26). The van der Waals surface area contributed by atoms with E-state index in [0.717, 1.165) is 42.3 Å². The molecule has 0 aromatic heterocycles. The third-order valence-electron chi connectivity index (χ3n) is 4.90. The summed E-state index contributed by atoms with van der Waals surface area (Å²) in [7, 11) is 1.68. The molecule has 1 aliphatic heterocycles. The maximum atomic E-state index is 12.6. The van der Waals surface area contributed by atoms with Crippen LogP contribution in [0.15, 0.2) is 48.5 Å². The summed E-state index contributed by atoms with van der Waals surface area (Å²) in [5, 5.41) is 6.45. The van der Waals surface area contributed by atoms with Crippen molar-refractivity contribution in [3.8, 4) is 11.5 Å². The highest BCUT2D eigenvalue weighted by molar-refractivity contribution is 5.78. The van der Waals surface area contributed by atoms with Gasteiger partial charge in [-0.15, -0.1) is 0 Å². The number of hydrogen-bond acceptors (Lipinski definition) is 5. The molecule has 1 atom stereocenters. The molecule has 0 spiro atoms. The molecule has 1 aliphatic rings. The first-order valence-corrected chi connectivity index (χ1v) is 9.77. The van der Waals surface area contributed by atoms with Gasteiger partial charge in [-0.05, 0) is 30.7 Å². The maximum Gasteiger partial charge on any atom is 0.234 e. The van der Waals surface area contributed by atoms with E-state index >= 15 is 0 Å². The Kier molecular flexibility index (Phi) is 7.28. The molecule has 3 rings (SSSR count). The number of methoxy groups -OCH3 is 1. The van der Waals surface area contributed by atoms with Crippen molar-refractivity contribution < 1.29 is 14.3 Å². The molecule has 0 bridgehead atoms.